The predicted octanol–water partition coefficient (Wildman–Crippen LogP) is 2.24. The molecule has 0 radical (unpaired) electrons. The SMILES string of the molecule is CCOCCCNC(=O)C1CCN(C(=O)Nc2nc(C)cs2)CC1. The molecule has 3 amide bonds. The van der Waals surface area contributed by atoms with Crippen molar-refractivity contribution in [1.29, 1.82) is 0 Å². The Morgan fingerprint density at radius 3 is 2.79 bits per heavy atom. The fourth-order valence-corrected chi connectivity index (χ4v) is 3.28. The summed E-state index contributed by atoms with van der Waals surface area (Å²) in [6.45, 7) is 7.05. The molecule has 7 nitrogen and oxygen atoms in total. The van der Waals surface area contributed by atoms with Gasteiger partial charge in [-0.1, -0.05) is 0 Å². The molecule has 2 heterocycles. The first-order valence-electron chi connectivity index (χ1n) is 8.43. The smallest absolute Gasteiger partial charge is 0.323 e. The summed E-state index contributed by atoms with van der Waals surface area (Å²) in [6, 6.07) is -0.139. The number of hydrogen-bond donors (Lipinski definition) is 2. The van der Waals surface area contributed by atoms with Gasteiger partial charge in [-0.3, -0.25) is 10.1 Å². The van der Waals surface area contributed by atoms with Crippen LogP contribution in [0.4, 0.5) is 9.93 Å². The predicted molar refractivity (Wildman–Crippen MR) is 94.3 cm³/mol. The fraction of sp³-hybridized carbons (Fsp3) is 0.688. The minimum atomic E-state index is -0.139. The van der Waals surface area contributed by atoms with Gasteiger partial charge in [0.25, 0.3) is 0 Å². The summed E-state index contributed by atoms with van der Waals surface area (Å²) in [6.07, 6.45) is 2.22. The van der Waals surface area contributed by atoms with Gasteiger partial charge in [-0.15, -0.1) is 11.3 Å². The molecule has 8 heteroatoms. The fourth-order valence-electron chi connectivity index (χ4n) is 2.60. The van der Waals surface area contributed by atoms with Crippen LogP contribution < -0.4 is 10.6 Å². The van der Waals surface area contributed by atoms with Gasteiger partial charge in [-0.25, -0.2) is 9.78 Å². The number of aryl methyl sites for hydroxylation is 1. The van der Waals surface area contributed by atoms with Crippen molar-refractivity contribution < 1.29 is 14.3 Å². The van der Waals surface area contributed by atoms with Crippen LogP contribution in [0.15, 0.2) is 5.38 Å². The number of anilines is 1. The van der Waals surface area contributed by atoms with Crippen molar-refractivity contribution in [3.8, 4) is 0 Å². The molecule has 0 atom stereocenters. The third-order valence-electron chi connectivity index (χ3n) is 3.95. The number of aromatic nitrogens is 1. The summed E-state index contributed by atoms with van der Waals surface area (Å²) in [4.78, 5) is 30.3. The van der Waals surface area contributed by atoms with E-state index in [4.69, 9.17) is 4.74 Å². The van der Waals surface area contributed by atoms with Crippen molar-refractivity contribution in [2.75, 3.05) is 38.2 Å². The molecular weight excluding hydrogens is 328 g/mol. The molecule has 1 aromatic heterocycles. The van der Waals surface area contributed by atoms with Gasteiger partial charge in [-0.05, 0) is 33.1 Å². The number of carbonyl (C=O) groups excluding carboxylic acids is 2. The van der Waals surface area contributed by atoms with Crippen molar-refractivity contribution in [3.63, 3.8) is 0 Å². The van der Waals surface area contributed by atoms with E-state index in [0.717, 1.165) is 12.1 Å². The molecule has 1 fully saturated rings. The monoisotopic (exact) mass is 354 g/mol. The number of urea groups is 1. The van der Waals surface area contributed by atoms with E-state index in [1.165, 1.54) is 11.3 Å². The van der Waals surface area contributed by atoms with E-state index in [2.05, 4.69) is 15.6 Å². The number of thiazole rings is 1. The number of ether oxygens (including phenoxy) is 1. The van der Waals surface area contributed by atoms with Crippen LogP contribution in [-0.4, -0.2) is 54.7 Å². The zero-order valence-electron chi connectivity index (χ0n) is 14.3. The van der Waals surface area contributed by atoms with Crippen LogP contribution in [-0.2, 0) is 9.53 Å². The highest BCUT2D eigenvalue weighted by atomic mass is 32.1. The number of nitrogens with one attached hydrogen (secondary N) is 2. The van der Waals surface area contributed by atoms with Crippen molar-refractivity contribution in [2.24, 2.45) is 5.92 Å². The molecule has 1 aliphatic rings. The summed E-state index contributed by atoms with van der Waals surface area (Å²) in [7, 11) is 0. The van der Waals surface area contributed by atoms with Crippen molar-refractivity contribution in [2.45, 2.75) is 33.1 Å². The van der Waals surface area contributed by atoms with Gasteiger partial charge in [0.2, 0.25) is 5.91 Å². The molecule has 0 aromatic carbocycles. The second-order valence-corrected chi connectivity index (χ2v) is 6.69. The van der Waals surface area contributed by atoms with Crippen LogP contribution in [0, 0.1) is 12.8 Å². The van der Waals surface area contributed by atoms with Crippen LogP contribution in [0.25, 0.3) is 0 Å². The van der Waals surface area contributed by atoms with Crippen LogP contribution >= 0.6 is 11.3 Å². The standard InChI is InChI=1S/C16H26N4O3S/c1-3-23-10-4-7-17-14(21)13-5-8-20(9-6-13)16(22)19-15-18-12(2)11-24-15/h11,13H,3-10H2,1-2H3,(H,17,21)(H,18,19,22). The highest BCUT2D eigenvalue weighted by molar-refractivity contribution is 7.13. The third kappa shape index (κ3) is 5.76. The first-order chi connectivity index (χ1) is 11.6. The van der Waals surface area contributed by atoms with Gasteiger partial charge in [-0.2, -0.15) is 0 Å². The molecule has 24 heavy (non-hydrogen) atoms. The number of carbonyl (C=O) groups is 2. The minimum absolute atomic E-state index is 0.0109. The highest BCUT2D eigenvalue weighted by Gasteiger charge is 2.27. The largest absolute Gasteiger partial charge is 0.382 e. The lowest BCUT2D eigenvalue weighted by atomic mass is 9.96. The van der Waals surface area contributed by atoms with E-state index < -0.39 is 0 Å². The Bertz CT molecular complexity index is 541. The highest BCUT2D eigenvalue weighted by Crippen LogP contribution is 2.20. The molecule has 0 aliphatic carbocycles. The van der Waals surface area contributed by atoms with Gasteiger partial charge in [0, 0.05) is 44.1 Å². The Morgan fingerprint density at radius 1 is 1.42 bits per heavy atom. The Morgan fingerprint density at radius 2 is 2.17 bits per heavy atom. The lowest BCUT2D eigenvalue weighted by molar-refractivity contribution is -0.126. The van der Waals surface area contributed by atoms with E-state index in [-0.39, 0.29) is 17.9 Å². The van der Waals surface area contributed by atoms with Crippen molar-refractivity contribution in [1.82, 2.24) is 15.2 Å². The molecule has 0 saturated carbocycles. The maximum Gasteiger partial charge on any atom is 0.323 e. The van der Waals surface area contributed by atoms with Crippen molar-refractivity contribution >= 4 is 28.4 Å². The van der Waals surface area contributed by atoms with E-state index in [0.29, 0.717) is 50.8 Å². The normalized spacial score (nSPS) is 15.3. The van der Waals surface area contributed by atoms with Crippen LogP contribution in [0.5, 0.6) is 0 Å². The molecular formula is C16H26N4O3S. The maximum absolute atomic E-state index is 12.2. The van der Waals surface area contributed by atoms with Crippen LogP contribution in [0.3, 0.4) is 0 Å². The Kier molecular flexibility index (Phi) is 7.45. The van der Waals surface area contributed by atoms with E-state index in [9.17, 15) is 9.59 Å². The lowest BCUT2D eigenvalue weighted by Gasteiger charge is -2.31. The number of piperidine rings is 1. The number of amides is 3. The Hall–Kier alpha value is -1.67. The molecule has 0 spiro atoms. The lowest BCUT2D eigenvalue weighted by Crippen LogP contribution is -2.44. The average molecular weight is 354 g/mol. The summed E-state index contributed by atoms with van der Waals surface area (Å²) in [5.41, 5.74) is 0.898. The van der Waals surface area contributed by atoms with Gasteiger partial charge in [0.05, 0.1) is 5.69 Å². The average Bonchev–Trinajstić information content (AvgIpc) is 2.99. The Labute approximate surface area is 146 Å². The van der Waals surface area contributed by atoms with Crippen LogP contribution in [0.2, 0.25) is 0 Å². The quantitative estimate of drug-likeness (QED) is 0.736. The van der Waals surface area contributed by atoms with Gasteiger partial charge in [0.15, 0.2) is 5.13 Å². The molecule has 2 rings (SSSR count). The second-order valence-electron chi connectivity index (χ2n) is 5.83. The van der Waals surface area contributed by atoms with Crippen LogP contribution in [0.1, 0.15) is 31.9 Å². The zero-order chi connectivity index (χ0) is 17.4. The number of hydrogen-bond acceptors (Lipinski definition) is 5. The van der Waals surface area contributed by atoms with E-state index in [1.54, 1.807) is 4.90 Å². The molecule has 0 unspecified atom stereocenters. The minimum Gasteiger partial charge on any atom is -0.382 e. The summed E-state index contributed by atoms with van der Waals surface area (Å²) in [5.74, 6) is 0.0744. The summed E-state index contributed by atoms with van der Waals surface area (Å²) in [5, 5.41) is 8.28. The number of nitrogens with zero attached hydrogens (tertiary/aromatic N) is 2. The summed E-state index contributed by atoms with van der Waals surface area (Å²) >= 11 is 1.42. The first-order valence-corrected chi connectivity index (χ1v) is 9.31. The second kappa shape index (κ2) is 9.58. The number of likely N-dealkylation sites (tertiary alicyclic amines) is 1. The molecule has 2 N–H and O–H groups in total. The first kappa shape index (κ1) is 18.7. The summed E-state index contributed by atoms with van der Waals surface area (Å²) < 4.78 is 5.24. The molecule has 134 valence electrons. The molecule has 0 bridgehead atoms. The topological polar surface area (TPSA) is 83.6 Å². The third-order valence-corrected chi connectivity index (χ3v) is 4.83. The van der Waals surface area contributed by atoms with Crippen molar-refractivity contribution in [3.05, 3.63) is 11.1 Å². The molecule has 1 aliphatic heterocycles. The van der Waals surface area contributed by atoms with Gasteiger partial charge < -0.3 is 15.0 Å². The molecule has 1 saturated heterocycles. The Balaban J connectivity index is 1.66. The molecule has 1 aromatic rings. The zero-order valence-corrected chi connectivity index (χ0v) is 15.2. The maximum atomic E-state index is 12.2. The van der Waals surface area contributed by atoms with E-state index >= 15 is 0 Å². The van der Waals surface area contributed by atoms with Gasteiger partial charge in [0.1, 0.15) is 0 Å². The van der Waals surface area contributed by atoms with Gasteiger partial charge >= 0.3 is 6.03 Å². The number of rotatable bonds is 7. The van der Waals surface area contributed by atoms with E-state index in [1.807, 2.05) is 19.2 Å².